The maximum Gasteiger partial charge on any atom is 0.0375 e. The summed E-state index contributed by atoms with van der Waals surface area (Å²) in [5.74, 6) is 2.61. The fraction of sp³-hybridized carbons (Fsp3) is 0.800. The summed E-state index contributed by atoms with van der Waals surface area (Å²) in [6.07, 6.45) is 10.1. The van der Waals surface area contributed by atoms with Crippen molar-refractivity contribution in [2.24, 2.45) is 5.11 Å². The van der Waals surface area contributed by atoms with Crippen LogP contribution in [0, 0.1) is 12.3 Å². The molecule has 1 aliphatic rings. The molecule has 0 aliphatic heterocycles. The van der Waals surface area contributed by atoms with Crippen molar-refractivity contribution in [1.82, 2.24) is 5.32 Å². The molecule has 1 aliphatic carbocycles. The molecule has 1 saturated carbocycles. The van der Waals surface area contributed by atoms with Gasteiger partial charge in [-0.1, -0.05) is 5.11 Å². The minimum absolute atomic E-state index is 0.214. The quantitative estimate of drug-likeness (QED) is 0.240. The molecule has 4 nitrogen and oxygen atoms in total. The average molecular weight is 192 g/mol. The smallest absolute Gasteiger partial charge is 0.0375 e. The first kappa shape index (κ1) is 10.9. The summed E-state index contributed by atoms with van der Waals surface area (Å²) in [5, 5.41) is 7.14. The Kier molecular flexibility index (Phi) is 4.92. The molecule has 0 unspecified atom stereocenters. The van der Waals surface area contributed by atoms with Crippen LogP contribution in [0.5, 0.6) is 0 Å². The summed E-state index contributed by atoms with van der Waals surface area (Å²) >= 11 is 0. The van der Waals surface area contributed by atoms with Gasteiger partial charge in [0.25, 0.3) is 0 Å². The highest BCUT2D eigenvalue weighted by Gasteiger charge is 2.19. The van der Waals surface area contributed by atoms with Crippen molar-refractivity contribution in [1.29, 1.82) is 0 Å². The lowest BCUT2D eigenvalue weighted by molar-refractivity contribution is 0.345. The lowest BCUT2D eigenvalue weighted by Gasteiger charge is -2.26. The molecule has 0 aromatic rings. The van der Waals surface area contributed by atoms with Crippen LogP contribution in [0.2, 0.25) is 0 Å². The zero-order valence-corrected chi connectivity index (χ0v) is 8.32. The van der Waals surface area contributed by atoms with Crippen LogP contribution in [0.4, 0.5) is 0 Å². The standard InChI is InChI=1S/C10H16N4/c1-2-3-8-12-9-4-6-10(7-5-9)13-14-11/h1,9-10,12H,3-8H2/t9-,10-. The molecule has 0 amide bonds. The second-order valence-electron chi connectivity index (χ2n) is 3.62. The van der Waals surface area contributed by atoms with Gasteiger partial charge < -0.3 is 5.32 Å². The number of hydrogen-bond donors (Lipinski definition) is 1. The Bertz CT molecular complexity index is 241. The highest BCUT2D eigenvalue weighted by atomic mass is 15.1. The van der Waals surface area contributed by atoms with E-state index in [1.165, 1.54) is 0 Å². The normalized spacial score (nSPS) is 26.2. The van der Waals surface area contributed by atoms with E-state index in [4.69, 9.17) is 12.0 Å². The molecule has 0 atom stereocenters. The molecule has 1 N–H and O–H groups in total. The maximum atomic E-state index is 8.28. The monoisotopic (exact) mass is 192 g/mol. The molecular formula is C10H16N4. The predicted octanol–water partition coefficient (Wildman–Crippen LogP) is 2.22. The van der Waals surface area contributed by atoms with Gasteiger partial charge in [-0.05, 0) is 31.2 Å². The first-order chi connectivity index (χ1) is 6.86. The van der Waals surface area contributed by atoms with Gasteiger partial charge >= 0.3 is 0 Å². The fourth-order valence-corrected chi connectivity index (χ4v) is 1.82. The summed E-state index contributed by atoms with van der Waals surface area (Å²) < 4.78 is 0. The molecule has 1 fully saturated rings. The Morgan fingerprint density at radius 1 is 1.43 bits per heavy atom. The molecule has 0 radical (unpaired) electrons. The molecule has 0 spiro atoms. The van der Waals surface area contributed by atoms with Crippen molar-refractivity contribution in [3.8, 4) is 12.3 Å². The third-order valence-electron chi connectivity index (χ3n) is 2.61. The van der Waals surface area contributed by atoms with E-state index >= 15 is 0 Å². The third-order valence-corrected chi connectivity index (χ3v) is 2.61. The maximum absolute atomic E-state index is 8.28. The van der Waals surface area contributed by atoms with Gasteiger partial charge in [-0.2, -0.15) is 0 Å². The minimum Gasteiger partial charge on any atom is -0.313 e. The highest BCUT2D eigenvalue weighted by Crippen LogP contribution is 2.21. The topological polar surface area (TPSA) is 60.8 Å². The zero-order valence-electron chi connectivity index (χ0n) is 8.32. The van der Waals surface area contributed by atoms with Crippen LogP contribution in [0.1, 0.15) is 32.1 Å². The number of nitrogens with zero attached hydrogens (tertiary/aromatic N) is 3. The van der Waals surface area contributed by atoms with Crippen LogP contribution in [0.25, 0.3) is 10.4 Å². The third kappa shape index (κ3) is 3.69. The minimum atomic E-state index is 0.214. The Hall–Kier alpha value is -1.17. The summed E-state index contributed by atoms with van der Waals surface area (Å²) in [4.78, 5) is 2.84. The van der Waals surface area contributed by atoms with E-state index in [-0.39, 0.29) is 6.04 Å². The number of nitrogens with one attached hydrogen (secondary N) is 1. The van der Waals surface area contributed by atoms with E-state index in [0.29, 0.717) is 6.04 Å². The molecule has 76 valence electrons. The lowest BCUT2D eigenvalue weighted by atomic mass is 9.92. The van der Waals surface area contributed by atoms with Gasteiger partial charge in [-0.15, -0.1) is 12.3 Å². The summed E-state index contributed by atoms with van der Waals surface area (Å²) in [7, 11) is 0. The highest BCUT2D eigenvalue weighted by molar-refractivity contribution is 4.86. The SMILES string of the molecule is C#CCCN[C@H]1CC[C@H](N=[N+]=[N-])CC1. The van der Waals surface area contributed by atoms with E-state index in [0.717, 1.165) is 38.6 Å². The first-order valence-corrected chi connectivity index (χ1v) is 5.08. The number of azide groups is 1. The Morgan fingerprint density at radius 3 is 2.71 bits per heavy atom. The van der Waals surface area contributed by atoms with Crippen molar-refractivity contribution in [2.45, 2.75) is 44.2 Å². The Balaban J connectivity index is 2.16. The Labute approximate surface area is 84.7 Å². The fourth-order valence-electron chi connectivity index (χ4n) is 1.82. The van der Waals surface area contributed by atoms with Gasteiger partial charge in [0.1, 0.15) is 0 Å². The molecule has 0 aromatic carbocycles. The van der Waals surface area contributed by atoms with Crippen LogP contribution in [-0.4, -0.2) is 18.6 Å². The zero-order chi connectivity index (χ0) is 10.2. The van der Waals surface area contributed by atoms with Crippen LogP contribution < -0.4 is 5.32 Å². The second kappa shape index (κ2) is 6.31. The van der Waals surface area contributed by atoms with Crippen molar-refractivity contribution < 1.29 is 0 Å². The number of rotatable bonds is 4. The lowest BCUT2D eigenvalue weighted by Crippen LogP contribution is -2.34. The van der Waals surface area contributed by atoms with Gasteiger partial charge in [0.05, 0.1) is 0 Å². The van der Waals surface area contributed by atoms with Gasteiger partial charge in [0.15, 0.2) is 0 Å². The number of hydrogen-bond acceptors (Lipinski definition) is 2. The van der Waals surface area contributed by atoms with Crippen molar-refractivity contribution in [2.75, 3.05) is 6.54 Å². The molecule has 1 rings (SSSR count). The van der Waals surface area contributed by atoms with E-state index < -0.39 is 0 Å². The van der Waals surface area contributed by atoms with Crippen LogP contribution in [-0.2, 0) is 0 Å². The van der Waals surface area contributed by atoms with Crippen molar-refractivity contribution in [3.63, 3.8) is 0 Å². The van der Waals surface area contributed by atoms with Crippen LogP contribution in [0.15, 0.2) is 5.11 Å². The molecule has 14 heavy (non-hydrogen) atoms. The van der Waals surface area contributed by atoms with Gasteiger partial charge in [0.2, 0.25) is 0 Å². The van der Waals surface area contributed by atoms with Crippen molar-refractivity contribution in [3.05, 3.63) is 10.4 Å². The molecule has 0 heterocycles. The van der Waals surface area contributed by atoms with Crippen LogP contribution in [0.3, 0.4) is 0 Å². The summed E-state index contributed by atoms with van der Waals surface area (Å²) in [5.41, 5.74) is 8.28. The van der Waals surface area contributed by atoms with E-state index in [9.17, 15) is 0 Å². The first-order valence-electron chi connectivity index (χ1n) is 5.08. The van der Waals surface area contributed by atoms with E-state index in [1.807, 2.05) is 0 Å². The Morgan fingerprint density at radius 2 is 2.14 bits per heavy atom. The summed E-state index contributed by atoms with van der Waals surface area (Å²) in [6, 6.07) is 0.777. The molecule has 0 aromatic heterocycles. The second-order valence-corrected chi connectivity index (χ2v) is 3.62. The summed E-state index contributed by atoms with van der Waals surface area (Å²) in [6.45, 7) is 0.896. The molecular weight excluding hydrogens is 176 g/mol. The average Bonchev–Trinajstić information content (AvgIpc) is 2.21. The molecule has 4 heteroatoms. The predicted molar refractivity (Wildman–Crippen MR) is 56.6 cm³/mol. The van der Waals surface area contributed by atoms with Gasteiger partial charge in [-0.25, -0.2) is 0 Å². The van der Waals surface area contributed by atoms with Crippen molar-refractivity contribution >= 4 is 0 Å². The van der Waals surface area contributed by atoms with Gasteiger partial charge in [0, 0.05) is 30.0 Å². The van der Waals surface area contributed by atoms with E-state index in [2.05, 4.69) is 21.3 Å². The van der Waals surface area contributed by atoms with Crippen LogP contribution >= 0.6 is 0 Å². The molecule has 0 bridgehead atoms. The molecule has 0 saturated heterocycles. The largest absolute Gasteiger partial charge is 0.313 e. The number of terminal acetylenes is 1. The van der Waals surface area contributed by atoms with Gasteiger partial charge in [-0.3, -0.25) is 0 Å². The van der Waals surface area contributed by atoms with E-state index in [1.54, 1.807) is 0 Å².